The van der Waals surface area contributed by atoms with Gasteiger partial charge in [-0.2, -0.15) is 18.4 Å². The molecule has 0 bridgehead atoms. The molecule has 1 saturated heterocycles. The van der Waals surface area contributed by atoms with Crippen LogP contribution in [-0.4, -0.2) is 36.8 Å². The number of nitrogens with zero attached hydrogens (tertiary/aromatic N) is 2. The van der Waals surface area contributed by atoms with Crippen molar-refractivity contribution in [2.24, 2.45) is 11.7 Å². The molecule has 0 amide bonds. The summed E-state index contributed by atoms with van der Waals surface area (Å²) in [6, 6.07) is 1.23. The fraction of sp³-hybridized carbons (Fsp3) is 0.889. The smallest absolute Gasteiger partial charge is 0.327 e. The zero-order valence-corrected chi connectivity index (χ0v) is 8.30. The minimum Gasteiger partial charge on any atom is -0.327 e. The van der Waals surface area contributed by atoms with E-state index in [9.17, 15) is 13.2 Å². The molecule has 1 fully saturated rings. The molecule has 1 heterocycles. The minimum atomic E-state index is -4.43. The van der Waals surface area contributed by atoms with Gasteiger partial charge in [0.2, 0.25) is 0 Å². The Labute approximate surface area is 86.6 Å². The Morgan fingerprint density at radius 3 is 2.67 bits per heavy atom. The molecule has 2 N–H and O–H groups in total. The first-order valence-electron chi connectivity index (χ1n) is 4.87. The molecule has 15 heavy (non-hydrogen) atoms. The van der Waals surface area contributed by atoms with Crippen LogP contribution in [0, 0.1) is 17.2 Å². The third-order valence-corrected chi connectivity index (χ3v) is 2.53. The van der Waals surface area contributed by atoms with Crippen molar-refractivity contribution in [2.45, 2.75) is 25.1 Å². The lowest BCUT2D eigenvalue weighted by Crippen LogP contribution is -2.46. The Balaban J connectivity index is 2.49. The van der Waals surface area contributed by atoms with Crippen molar-refractivity contribution >= 4 is 0 Å². The first kappa shape index (κ1) is 12.3. The second kappa shape index (κ2) is 4.81. The molecule has 1 rings (SSSR count). The molecule has 0 aliphatic carbocycles. The van der Waals surface area contributed by atoms with E-state index < -0.39 is 12.1 Å². The van der Waals surface area contributed by atoms with Crippen molar-refractivity contribution in [3.05, 3.63) is 0 Å². The van der Waals surface area contributed by atoms with Crippen LogP contribution in [0.5, 0.6) is 0 Å². The van der Waals surface area contributed by atoms with Gasteiger partial charge in [0.1, 0.15) is 0 Å². The van der Waals surface area contributed by atoms with E-state index in [1.54, 1.807) is 4.90 Å². The number of likely N-dealkylation sites (tertiary alicyclic amines) is 1. The van der Waals surface area contributed by atoms with Gasteiger partial charge < -0.3 is 10.6 Å². The highest BCUT2D eigenvalue weighted by atomic mass is 19.4. The van der Waals surface area contributed by atoms with Crippen molar-refractivity contribution in [1.29, 1.82) is 5.26 Å². The van der Waals surface area contributed by atoms with Crippen LogP contribution in [0.3, 0.4) is 0 Å². The highest BCUT2D eigenvalue weighted by molar-refractivity contribution is 4.91. The minimum absolute atomic E-state index is 0.0636. The highest BCUT2D eigenvalue weighted by Crippen LogP contribution is 2.27. The number of nitrogens with two attached hydrogens (primary N) is 1. The maximum Gasteiger partial charge on any atom is 0.405 e. The number of hydrogen-bond donors (Lipinski definition) is 1. The van der Waals surface area contributed by atoms with Crippen LogP contribution in [0.4, 0.5) is 13.2 Å². The van der Waals surface area contributed by atoms with Crippen molar-refractivity contribution in [3.63, 3.8) is 0 Å². The van der Waals surface area contributed by atoms with Crippen molar-refractivity contribution in [2.75, 3.05) is 19.6 Å². The molecule has 0 saturated carbocycles. The third kappa shape index (κ3) is 3.68. The van der Waals surface area contributed by atoms with E-state index >= 15 is 0 Å². The normalized spacial score (nSPS) is 25.9. The summed E-state index contributed by atoms with van der Waals surface area (Å²) in [6.07, 6.45) is -2.78. The maximum absolute atomic E-state index is 12.3. The van der Waals surface area contributed by atoms with E-state index in [1.807, 2.05) is 0 Å². The molecular weight excluding hydrogens is 207 g/mol. The lowest BCUT2D eigenvalue weighted by Gasteiger charge is -2.32. The third-order valence-electron chi connectivity index (χ3n) is 2.53. The molecule has 3 nitrogen and oxygen atoms in total. The van der Waals surface area contributed by atoms with Gasteiger partial charge in [0.15, 0.2) is 5.92 Å². The molecular formula is C9H14F3N3. The lowest BCUT2D eigenvalue weighted by molar-refractivity contribution is -0.163. The monoisotopic (exact) mass is 221 g/mol. The van der Waals surface area contributed by atoms with Crippen LogP contribution in [0.15, 0.2) is 0 Å². The van der Waals surface area contributed by atoms with Crippen molar-refractivity contribution in [3.8, 4) is 6.07 Å². The molecule has 6 heteroatoms. The van der Waals surface area contributed by atoms with Crippen LogP contribution in [0.25, 0.3) is 0 Å². The SMILES string of the molecule is N#CC(CN1CCC[C@@H](N)C1)C(F)(F)F. The van der Waals surface area contributed by atoms with Crippen molar-refractivity contribution < 1.29 is 13.2 Å². The summed E-state index contributed by atoms with van der Waals surface area (Å²) in [5.74, 6) is -1.90. The number of piperidine rings is 1. The molecule has 1 aliphatic heterocycles. The van der Waals surface area contributed by atoms with E-state index in [0.717, 1.165) is 12.8 Å². The number of hydrogen-bond acceptors (Lipinski definition) is 3. The summed E-state index contributed by atoms with van der Waals surface area (Å²) in [7, 11) is 0. The van der Waals surface area contributed by atoms with E-state index in [1.165, 1.54) is 6.07 Å². The average Bonchev–Trinajstić information content (AvgIpc) is 2.12. The summed E-state index contributed by atoms with van der Waals surface area (Å²) in [5, 5.41) is 8.43. The molecule has 0 aromatic carbocycles. The van der Waals surface area contributed by atoms with Gasteiger partial charge in [-0.15, -0.1) is 0 Å². The Morgan fingerprint density at radius 2 is 2.20 bits per heavy atom. The second-order valence-corrected chi connectivity index (χ2v) is 3.89. The van der Waals surface area contributed by atoms with Crippen LogP contribution < -0.4 is 5.73 Å². The van der Waals surface area contributed by atoms with Crippen LogP contribution in [0.2, 0.25) is 0 Å². The molecule has 86 valence electrons. The first-order chi connectivity index (χ1) is 6.93. The number of alkyl halides is 3. The zero-order valence-electron chi connectivity index (χ0n) is 8.30. The number of rotatable bonds is 2. The molecule has 0 aromatic rings. The Bertz CT molecular complexity index is 246. The lowest BCUT2D eigenvalue weighted by atomic mass is 10.0. The van der Waals surface area contributed by atoms with E-state index in [0.29, 0.717) is 13.1 Å². The predicted octanol–water partition coefficient (Wildman–Crippen LogP) is 1.11. The van der Waals surface area contributed by atoms with Crippen LogP contribution in [-0.2, 0) is 0 Å². The van der Waals surface area contributed by atoms with Gasteiger partial charge in [-0.1, -0.05) is 0 Å². The van der Waals surface area contributed by atoms with Gasteiger partial charge in [0, 0.05) is 19.1 Å². The van der Waals surface area contributed by atoms with Gasteiger partial charge in [0.05, 0.1) is 6.07 Å². The summed E-state index contributed by atoms with van der Waals surface area (Å²) < 4.78 is 36.9. The van der Waals surface area contributed by atoms with Gasteiger partial charge in [-0.25, -0.2) is 0 Å². The van der Waals surface area contributed by atoms with E-state index in [2.05, 4.69) is 0 Å². The van der Waals surface area contributed by atoms with E-state index in [4.69, 9.17) is 11.0 Å². The standard InChI is InChI=1S/C9H14F3N3/c10-9(11,12)7(4-13)5-15-3-1-2-8(14)6-15/h7-8H,1-3,5-6,14H2/t7?,8-/m1/s1. The highest BCUT2D eigenvalue weighted by Gasteiger charge is 2.41. The molecule has 0 radical (unpaired) electrons. The van der Waals surface area contributed by atoms with Crippen LogP contribution in [0.1, 0.15) is 12.8 Å². The summed E-state index contributed by atoms with van der Waals surface area (Å²) in [4.78, 5) is 1.62. The summed E-state index contributed by atoms with van der Waals surface area (Å²) in [6.45, 7) is 0.796. The van der Waals surface area contributed by atoms with Crippen LogP contribution >= 0.6 is 0 Å². The molecule has 1 unspecified atom stereocenters. The average molecular weight is 221 g/mol. The maximum atomic E-state index is 12.3. The molecule has 0 spiro atoms. The number of nitriles is 1. The summed E-state index contributed by atoms with van der Waals surface area (Å²) in [5.41, 5.74) is 5.65. The molecule has 0 aromatic heterocycles. The fourth-order valence-corrected chi connectivity index (χ4v) is 1.73. The molecule has 1 aliphatic rings. The number of halogens is 3. The largest absolute Gasteiger partial charge is 0.405 e. The molecule has 2 atom stereocenters. The first-order valence-corrected chi connectivity index (χ1v) is 4.87. The van der Waals surface area contributed by atoms with Gasteiger partial charge in [-0.05, 0) is 19.4 Å². The fourth-order valence-electron chi connectivity index (χ4n) is 1.73. The topological polar surface area (TPSA) is 53.0 Å². The Hall–Kier alpha value is -0.800. The quantitative estimate of drug-likeness (QED) is 0.760. The Kier molecular flexibility index (Phi) is 3.94. The predicted molar refractivity (Wildman–Crippen MR) is 48.8 cm³/mol. The van der Waals surface area contributed by atoms with Crippen molar-refractivity contribution in [1.82, 2.24) is 4.90 Å². The zero-order chi connectivity index (χ0) is 11.5. The van der Waals surface area contributed by atoms with E-state index in [-0.39, 0.29) is 12.6 Å². The van der Waals surface area contributed by atoms with Gasteiger partial charge >= 0.3 is 6.18 Å². The van der Waals surface area contributed by atoms with Gasteiger partial charge in [0.25, 0.3) is 0 Å². The summed E-state index contributed by atoms with van der Waals surface area (Å²) >= 11 is 0. The second-order valence-electron chi connectivity index (χ2n) is 3.89. The Morgan fingerprint density at radius 1 is 1.53 bits per heavy atom. The van der Waals surface area contributed by atoms with Gasteiger partial charge in [-0.3, -0.25) is 0 Å².